The maximum atomic E-state index is 12.8. The molecule has 2 aromatic carbocycles. The van der Waals surface area contributed by atoms with Gasteiger partial charge in [-0.1, -0.05) is 53.4 Å². The molecular weight excluding hydrogens is 587 g/mol. The van der Waals surface area contributed by atoms with Gasteiger partial charge in [0.2, 0.25) is 0 Å². The van der Waals surface area contributed by atoms with Gasteiger partial charge in [-0.05, 0) is 37.9 Å². The average Bonchev–Trinajstić information content (AvgIpc) is 2.76. The SMILES string of the molecule is CNc1ccc(C#CSI)cc1C(=O)c1ccc(C(N)C(F)(F)F)cc1.O=CC(Cl)Cl. The van der Waals surface area contributed by atoms with Crippen molar-refractivity contribution in [3.05, 3.63) is 64.7 Å². The summed E-state index contributed by atoms with van der Waals surface area (Å²) in [6.07, 6.45) is -4.09. The Hall–Kier alpha value is -1.45. The first-order valence-electron chi connectivity index (χ1n) is 8.36. The smallest absolute Gasteiger partial charge is 0.388 e. The molecule has 31 heavy (non-hydrogen) atoms. The van der Waals surface area contributed by atoms with Gasteiger partial charge in [0.1, 0.15) is 6.04 Å². The van der Waals surface area contributed by atoms with Gasteiger partial charge < -0.3 is 15.8 Å². The highest BCUT2D eigenvalue weighted by atomic mass is 127. The topological polar surface area (TPSA) is 72.2 Å². The fourth-order valence-corrected chi connectivity index (χ4v) is 2.78. The first-order valence-corrected chi connectivity index (χ1v) is 12.6. The summed E-state index contributed by atoms with van der Waals surface area (Å²) < 4.78 is 38.1. The van der Waals surface area contributed by atoms with Gasteiger partial charge in [-0.25, -0.2) is 0 Å². The van der Waals surface area contributed by atoms with Crippen LogP contribution in [0.4, 0.5) is 18.9 Å². The molecule has 0 bridgehead atoms. The molecule has 0 radical (unpaired) electrons. The minimum Gasteiger partial charge on any atom is -0.388 e. The van der Waals surface area contributed by atoms with E-state index in [1.54, 1.807) is 25.2 Å². The van der Waals surface area contributed by atoms with Crippen LogP contribution < -0.4 is 11.1 Å². The molecule has 0 fully saturated rings. The lowest BCUT2D eigenvalue weighted by Crippen LogP contribution is -2.28. The number of alkyl halides is 5. The molecule has 0 saturated heterocycles. The van der Waals surface area contributed by atoms with E-state index in [1.165, 1.54) is 33.2 Å². The van der Waals surface area contributed by atoms with Crippen LogP contribution in [0.1, 0.15) is 33.1 Å². The predicted molar refractivity (Wildman–Crippen MR) is 129 cm³/mol. The van der Waals surface area contributed by atoms with Crippen LogP contribution in [-0.2, 0) is 4.79 Å². The number of carbonyl (C=O) groups is 2. The van der Waals surface area contributed by atoms with Gasteiger partial charge in [-0.2, -0.15) is 13.2 Å². The lowest BCUT2D eigenvalue weighted by atomic mass is 9.97. The molecule has 0 heterocycles. The third kappa shape index (κ3) is 8.90. The van der Waals surface area contributed by atoms with Crippen molar-refractivity contribution in [1.29, 1.82) is 0 Å². The maximum Gasteiger partial charge on any atom is 0.407 e. The van der Waals surface area contributed by atoms with Gasteiger partial charge in [0, 0.05) is 50.6 Å². The molecule has 11 heteroatoms. The maximum absolute atomic E-state index is 12.8. The second kappa shape index (κ2) is 13.2. The van der Waals surface area contributed by atoms with Gasteiger partial charge in [-0.15, -0.1) is 0 Å². The minimum absolute atomic E-state index is 0.0958. The quantitative estimate of drug-likeness (QED) is 0.147. The van der Waals surface area contributed by atoms with Crippen molar-refractivity contribution in [3.8, 4) is 11.2 Å². The Morgan fingerprint density at radius 1 is 1.23 bits per heavy atom. The Bertz CT molecular complexity index is 962. The highest BCUT2D eigenvalue weighted by Gasteiger charge is 2.37. The molecule has 4 nitrogen and oxygen atoms in total. The summed E-state index contributed by atoms with van der Waals surface area (Å²) >= 11 is 11.8. The van der Waals surface area contributed by atoms with E-state index in [0.29, 0.717) is 23.1 Å². The summed E-state index contributed by atoms with van der Waals surface area (Å²) in [5, 5.41) is 5.78. The zero-order valence-corrected chi connectivity index (χ0v) is 20.3. The van der Waals surface area contributed by atoms with Gasteiger partial charge in [0.25, 0.3) is 0 Å². The summed E-state index contributed by atoms with van der Waals surface area (Å²) in [6, 6.07) is 8.25. The predicted octanol–water partition coefficient (Wildman–Crippen LogP) is 5.90. The van der Waals surface area contributed by atoms with E-state index in [1.807, 2.05) is 21.2 Å². The van der Waals surface area contributed by atoms with E-state index in [4.69, 9.17) is 28.9 Å². The van der Waals surface area contributed by atoms with Crippen molar-refractivity contribution in [1.82, 2.24) is 0 Å². The number of benzene rings is 2. The molecule has 0 aliphatic heterocycles. The zero-order valence-electron chi connectivity index (χ0n) is 15.8. The lowest BCUT2D eigenvalue weighted by Gasteiger charge is -2.16. The summed E-state index contributed by atoms with van der Waals surface area (Å²) in [5.74, 6) is 2.60. The van der Waals surface area contributed by atoms with Gasteiger partial charge in [-0.3, -0.25) is 4.79 Å². The molecule has 1 unspecified atom stereocenters. The molecule has 3 N–H and O–H groups in total. The number of anilines is 1. The third-order valence-corrected chi connectivity index (χ3v) is 4.80. The van der Waals surface area contributed by atoms with Crippen LogP contribution >= 0.6 is 53.3 Å². The molecule has 2 aromatic rings. The monoisotopic (exact) mass is 602 g/mol. The lowest BCUT2D eigenvalue weighted by molar-refractivity contribution is -0.149. The van der Waals surface area contributed by atoms with Crippen molar-refractivity contribution in [2.45, 2.75) is 17.1 Å². The van der Waals surface area contributed by atoms with Crippen molar-refractivity contribution < 1.29 is 22.8 Å². The summed E-state index contributed by atoms with van der Waals surface area (Å²) in [7, 11) is 3.01. The van der Waals surface area contributed by atoms with Crippen LogP contribution in [0.3, 0.4) is 0 Å². The molecular formula is C20H16Cl2F3IN2O2S. The van der Waals surface area contributed by atoms with Crippen molar-refractivity contribution in [2.24, 2.45) is 5.73 Å². The molecule has 0 saturated carbocycles. The van der Waals surface area contributed by atoms with Gasteiger partial charge in [0.15, 0.2) is 16.9 Å². The van der Waals surface area contributed by atoms with Gasteiger partial charge in [0.05, 0.1) is 0 Å². The Morgan fingerprint density at radius 2 is 1.81 bits per heavy atom. The van der Waals surface area contributed by atoms with Crippen LogP contribution in [-0.4, -0.2) is 30.1 Å². The largest absolute Gasteiger partial charge is 0.407 e. The number of halogens is 6. The molecule has 0 amide bonds. The fraction of sp³-hybridized carbons (Fsp3) is 0.200. The number of nitrogens with one attached hydrogen (secondary N) is 1. The summed E-state index contributed by atoms with van der Waals surface area (Å²) in [6.45, 7) is 0. The van der Waals surface area contributed by atoms with Gasteiger partial charge >= 0.3 is 6.18 Å². The van der Waals surface area contributed by atoms with E-state index in [9.17, 15) is 22.8 Å². The number of hydrogen-bond donors (Lipinski definition) is 2. The number of nitrogens with two attached hydrogens (primary N) is 1. The molecule has 166 valence electrons. The first-order chi connectivity index (χ1) is 14.5. The Morgan fingerprint density at radius 3 is 2.26 bits per heavy atom. The van der Waals surface area contributed by atoms with E-state index in [0.717, 1.165) is 0 Å². The van der Waals surface area contributed by atoms with Crippen LogP contribution in [0.15, 0.2) is 42.5 Å². The standard InChI is InChI=1S/C18H14F3IN2OS.C2H2Cl2O/c1-24-15-7-2-11(8-9-26-22)10-14(15)16(25)12-3-5-13(6-4-12)17(23)18(19,20)21;3-2(4)1-5/h2-7,10,17,24H,23H2,1H3;1-2H. The Kier molecular flexibility index (Phi) is 11.7. The number of aldehydes is 1. The molecule has 1 atom stereocenters. The van der Waals surface area contributed by atoms with E-state index in [-0.39, 0.29) is 16.9 Å². The fourth-order valence-electron chi connectivity index (χ4n) is 2.29. The second-order valence-corrected chi connectivity index (χ2v) is 8.60. The Labute approximate surface area is 204 Å². The average molecular weight is 603 g/mol. The first kappa shape index (κ1) is 27.6. The molecule has 2 rings (SSSR count). The van der Waals surface area contributed by atoms with Crippen LogP contribution in [0.5, 0.6) is 0 Å². The number of ketones is 1. The molecule has 0 aliphatic rings. The number of carbonyl (C=O) groups excluding carboxylic acids is 2. The minimum atomic E-state index is -4.53. The zero-order chi connectivity index (χ0) is 23.6. The number of hydrogen-bond acceptors (Lipinski definition) is 5. The third-order valence-electron chi connectivity index (χ3n) is 3.75. The van der Waals surface area contributed by atoms with Crippen LogP contribution in [0.25, 0.3) is 0 Å². The summed E-state index contributed by atoms with van der Waals surface area (Å²) in [5.41, 5.74) is 7.04. The van der Waals surface area contributed by atoms with Crippen molar-refractivity contribution >= 4 is 71.1 Å². The molecule has 0 spiro atoms. The van der Waals surface area contributed by atoms with E-state index >= 15 is 0 Å². The Balaban J connectivity index is 0.000000861. The van der Waals surface area contributed by atoms with Crippen LogP contribution in [0, 0.1) is 11.2 Å². The number of rotatable bonds is 5. The van der Waals surface area contributed by atoms with Crippen molar-refractivity contribution in [3.63, 3.8) is 0 Å². The van der Waals surface area contributed by atoms with E-state index in [2.05, 4.69) is 16.5 Å². The highest BCUT2D eigenvalue weighted by Crippen LogP contribution is 2.31. The highest BCUT2D eigenvalue weighted by molar-refractivity contribution is 14.2. The molecule has 0 aromatic heterocycles. The normalized spacial score (nSPS) is 11.5. The second-order valence-electron chi connectivity index (χ2n) is 5.76. The summed E-state index contributed by atoms with van der Waals surface area (Å²) in [4.78, 5) is 21.2. The van der Waals surface area contributed by atoms with Crippen molar-refractivity contribution in [2.75, 3.05) is 12.4 Å². The van der Waals surface area contributed by atoms with Crippen LogP contribution in [0.2, 0.25) is 0 Å². The van der Waals surface area contributed by atoms with E-state index < -0.39 is 17.1 Å². The molecule has 0 aliphatic carbocycles.